The lowest BCUT2D eigenvalue weighted by molar-refractivity contribution is -0.123. The number of likely N-dealkylation sites (N-methyl/N-ethyl adjacent to an activating group) is 1. The standard InChI is InChI=1S/C19H28FN3O4/c1-4-27-19(25)23-9-7-15(8-10-23)21-18(24)13-22(2)12-14-5-6-17(26-3)16(20)11-14/h5-6,11,15H,4,7-10,12-13H2,1-3H3,(H,21,24). The van der Waals surface area contributed by atoms with E-state index >= 15 is 0 Å². The first-order chi connectivity index (χ1) is 12.9. The minimum Gasteiger partial charge on any atom is -0.494 e. The number of carbonyl (C=O) groups excluding carboxylic acids is 2. The van der Waals surface area contributed by atoms with Crippen LogP contribution in [-0.2, 0) is 16.1 Å². The molecular weight excluding hydrogens is 353 g/mol. The zero-order valence-corrected chi connectivity index (χ0v) is 16.2. The molecule has 1 aromatic carbocycles. The highest BCUT2D eigenvalue weighted by Gasteiger charge is 2.24. The maximum Gasteiger partial charge on any atom is 0.409 e. The molecule has 1 aromatic rings. The number of ether oxygens (including phenoxy) is 2. The second-order valence-electron chi connectivity index (χ2n) is 6.67. The van der Waals surface area contributed by atoms with Gasteiger partial charge in [0.25, 0.3) is 0 Å². The second kappa shape index (κ2) is 10.1. The SMILES string of the molecule is CCOC(=O)N1CCC(NC(=O)CN(C)Cc2ccc(OC)c(F)c2)CC1. The van der Waals surface area contributed by atoms with Gasteiger partial charge in [-0.05, 0) is 44.5 Å². The number of rotatable bonds is 7. The molecule has 0 atom stereocenters. The third-order valence-electron chi connectivity index (χ3n) is 4.47. The zero-order chi connectivity index (χ0) is 19.8. The van der Waals surface area contributed by atoms with E-state index in [1.165, 1.54) is 13.2 Å². The number of carbonyl (C=O) groups is 2. The molecular formula is C19H28FN3O4. The molecule has 0 aliphatic carbocycles. The number of likely N-dealkylation sites (tertiary alicyclic amines) is 1. The van der Waals surface area contributed by atoms with Gasteiger partial charge in [0, 0.05) is 25.7 Å². The highest BCUT2D eigenvalue weighted by molar-refractivity contribution is 5.78. The van der Waals surface area contributed by atoms with Crippen molar-refractivity contribution in [1.29, 1.82) is 0 Å². The molecule has 0 radical (unpaired) electrons. The molecule has 0 bridgehead atoms. The Hall–Kier alpha value is -2.35. The summed E-state index contributed by atoms with van der Waals surface area (Å²) < 4.78 is 23.6. The number of benzene rings is 1. The number of hydrogen-bond acceptors (Lipinski definition) is 5. The lowest BCUT2D eigenvalue weighted by Gasteiger charge is -2.32. The first-order valence-corrected chi connectivity index (χ1v) is 9.15. The third-order valence-corrected chi connectivity index (χ3v) is 4.47. The van der Waals surface area contributed by atoms with E-state index in [2.05, 4.69) is 5.32 Å². The molecule has 1 heterocycles. The first-order valence-electron chi connectivity index (χ1n) is 9.15. The van der Waals surface area contributed by atoms with E-state index in [0.717, 1.165) is 5.56 Å². The van der Waals surface area contributed by atoms with Gasteiger partial charge < -0.3 is 19.7 Å². The predicted molar refractivity (Wildman–Crippen MR) is 99.0 cm³/mol. The summed E-state index contributed by atoms with van der Waals surface area (Å²) in [7, 11) is 3.23. The summed E-state index contributed by atoms with van der Waals surface area (Å²) in [6, 6.07) is 4.82. The number of hydrogen-bond donors (Lipinski definition) is 1. The van der Waals surface area contributed by atoms with Crippen molar-refractivity contribution in [2.75, 3.05) is 40.4 Å². The number of piperidine rings is 1. The van der Waals surface area contributed by atoms with E-state index in [9.17, 15) is 14.0 Å². The number of methoxy groups -OCH3 is 1. The van der Waals surface area contributed by atoms with Crippen LogP contribution in [0.4, 0.5) is 9.18 Å². The van der Waals surface area contributed by atoms with E-state index in [0.29, 0.717) is 39.1 Å². The quantitative estimate of drug-likeness (QED) is 0.782. The summed E-state index contributed by atoms with van der Waals surface area (Å²) in [4.78, 5) is 27.4. The van der Waals surface area contributed by atoms with Gasteiger partial charge in [-0.1, -0.05) is 6.07 Å². The van der Waals surface area contributed by atoms with E-state index in [4.69, 9.17) is 9.47 Å². The molecule has 2 amide bonds. The van der Waals surface area contributed by atoms with Crippen LogP contribution in [0.1, 0.15) is 25.3 Å². The molecule has 1 fully saturated rings. The molecule has 0 aromatic heterocycles. The van der Waals surface area contributed by atoms with Gasteiger partial charge in [-0.25, -0.2) is 9.18 Å². The summed E-state index contributed by atoms with van der Waals surface area (Å²) in [6.07, 6.45) is 1.12. The van der Waals surface area contributed by atoms with Crippen LogP contribution in [0.25, 0.3) is 0 Å². The normalized spacial score (nSPS) is 14.9. The van der Waals surface area contributed by atoms with Crippen molar-refractivity contribution in [2.45, 2.75) is 32.4 Å². The Morgan fingerprint density at radius 3 is 2.63 bits per heavy atom. The second-order valence-corrected chi connectivity index (χ2v) is 6.67. The maximum atomic E-state index is 13.7. The van der Waals surface area contributed by atoms with Crippen molar-refractivity contribution in [3.05, 3.63) is 29.6 Å². The topological polar surface area (TPSA) is 71.1 Å². The Morgan fingerprint density at radius 2 is 2.04 bits per heavy atom. The summed E-state index contributed by atoms with van der Waals surface area (Å²) in [5.74, 6) is -0.296. The monoisotopic (exact) mass is 381 g/mol. The van der Waals surface area contributed by atoms with Crippen molar-refractivity contribution >= 4 is 12.0 Å². The number of halogens is 1. The Bertz CT molecular complexity index is 648. The number of nitrogens with one attached hydrogen (secondary N) is 1. The van der Waals surface area contributed by atoms with Crippen LogP contribution in [0.15, 0.2) is 18.2 Å². The van der Waals surface area contributed by atoms with Gasteiger partial charge in [0.05, 0.1) is 20.3 Å². The van der Waals surface area contributed by atoms with Crippen molar-refractivity contribution in [3.63, 3.8) is 0 Å². The molecule has 2 rings (SSSR count). The summed E-state index contributed by atoms with van der Waals surface area (Å²) in [6.45, 7) is 3.96. The smallest absolute Gasteiger partial charge is 0.409 e. The van der Waals surface area contributed by atoms with Crippen molar-refractivity contribution in [3.8, 4) is 5.75 Å². The Labute approximate surface area is 159 Å². The molecule has 1 aliphatic heterocycles. The Morgan fingerprint density at radius 1 is 1.33 bits per heavy atom. The summed E-state index contributed by atoms with van der Waals surface area (Å²) in [5, 5.41) is 3.00. The minimum absolute atomic E-state index is 0.0509. The third kappa shape index (κ3) is 6.39. The van der Waals surface area contributed by atoms with E-state index in [1.807, 2.05) is 11.9 Å². The van der Waals surface area contributed by atoms with Crippen LogP contribution in [0.3, 0.4) is 0 Å². The summed E-state index contributed by atoms with van der Waals surface area (Å²) >= 11 is 0. The van der Waals surface area contributed by atoms with Crippen molar-refractivity contribution < 1.29 is 23.5 Å². The lowest BCUT2D eigenvalue weighted by atomic mass is 10.1. The molecule has 8 heteroatoms. The van der Waals surface area contributed by atoms with Crippen LogP contribution >= 0.6 is 0 Å². The van der Waals surface area contributed by atoms with E-state index in [1.54, 1.807) is 24.0 Å². The fourth-order valence-electron chi connectivity index (χ4n) is 3.12. The molecule has 0 unspecified atom stereocenters. The van der Waals surface area contributed by atoms with Gasteiger partial charge in [0.15, 0.2) is 11.6 Å². The largest absolute Gasteiger partial charge is 0.494 e. The fraction of sp³-hybridized carbons (Fsp3) is 0.579. The van der Waals surface area contributed by atoms with Gasteiger partial charge in [-0.3, -0.25) is 9.69 Å². The highest BCUT2D eigenvalue weighted by atomic mass is 19.1. The molecule has 27 heavy (non-hydrogen) atoms. The zero-order valence-electron chi connectivity index (χ0n) is 16.2. The highest BCUT2D eigenvalue weighted by Crippen LogP contribution is 2.18. The van der Waals surface area contributed by atoms with Gasteiger partial charge >= 0.3 is 6.09 Å². The lowest BCUT2D eigenvalue weighted by Crippen LogP contribution is -2.48. The predicted octanol–water partition coefficient (Wildman–Crippen LogP) is 2.00. The first kappa shape index (κ1) is 21.0. The van der Waals surface area contributed by atoms with Crippen LogP contribution in [0.5, 0.6) is 5.75 Å². The van der Waals surface area contributed by atoms with Gasteiger partial charge in [-0.15, -0.1) is 0 Å². The number of amides is 2. The molecule has 0 spiro atoms. The Kier molecular flexibility index (Phi) is 7.84. The van der Waals surface area contributed by atoms with Crippen LogP contribution < -0.4 is 10.1 Å². The molecule has 1 aliphatic rings. The Balaban J connectivity index is 1.74. The average molecular weight is 381 g/mol. The summed E-state index contributed by atoms with van der Waals surface area (Å²) in [5.41, 5.74) is 0.770. The van der Waals surface area contributed by atoms with Crippen LogP contribution in [-0.4, -0.2) is 68.2 Å². The van der Waals surface area contributed by atoms with Crippen molar-refractivity contribution in [1.82, 2.24) is 15.1 Å². The van der Waals surface area contributed by atoms with Crippen LogP contribution in [0, 0.1) is 5.82 Å². The molecule has 7 nitrogen and oxygen atoms in total. The van der Waals surface area contributed by atoms with Crippen LogP contribution in [0.2, 0.25) is 0 Å². The number of nitrogens with zero attached hydrogens (tertiary/aromatic N) is 2. The van der Waals surface area contributed by atoms with E-state index < -0.39 is 5.82 Å². The maximum absolute atomic E-state index is 13.7. The minimum atomic E-state index is -0.416. The molecule has 150 valence electrons. The van der Waals surface area contributed by atoms with Gasteiger partial charge in [-0.2, -0.15) is 0 Å². The van der Waals surface area contributed by atoms with Gasteiger partial charge in [0.1, 0.15) is 0 Å². The average Bonchev–Trinajstić information content (AvgIpc) is 2.62. The molecule has 1 saturated heterocycles. The van der Waals surface area contributed by atoms with E-state index in [-0.39, 0.29) is 30.3 Å². The van der Waals surface area contributed by atoms with Gasteiger partial charge in [0.2, 0.25) is 5.91 Å². The molecule has 0 saturated carbocycles. The molecule has 1 N–H and O–H groups in total. The van der Waals surface area contributed by atoms with Crippen molar-refractivity contribution in [2.24, 2.45) is 0 Å². The fourth-order valence-corrected chi connectivity index (χ4v) is 3.12.